The van der Waals surface area contributed by atoms with E-state index in [0.29, 0.717) is 25.1 Å². The van der Waals surface area contributed by atoms with E-state index < -0.39 is 40.0 Å². The number of nitrogens with zero attached hydrogens (tertiary/aromatic N) is 2. The van der Waals surface area contributed by atoms with Gasteiger partial charge in [-0.25, -0.2) is 13.2 Å². The van der Waals surface area contributed by atoms with Crippen molar-refractivity contribution in [2.24, 2.45) is 0 Å². The van der Waals surface area contributed by atoms with Gasteiger partial charge in [-0.1, -0.05) is 43.3 Å². The normalized spacial score (nSPS) is 21.3. The van der Waals surface area contributed by atoms with E-state index in [1.54, 1.807) is 43.3 Å². The molecule has 2 fully saturated rings. The van der Waals surface area contributed by atoms with E-state index in [4.69, 9.17) is 0 Å². The predicted molar refractivity (Wildman–Crippen MR) is 122 cm³/mol. The standard InChI is InChI=1S/C23H26N4O5S/c1-2-23(17-9-4-3-5-10-17)21(29)27(22(30)25-23)16-20(28)24-18-11-8-12-19(15-18)33(31,32)26-13-6-7-14-26/h3-5,8-12,15H,2,6-7,13-14,16H2,1H3,(H,24,28)(H,25,30)/t23-/m0/s1. The molecule has 33 heavy (non-hydrogen) atoms. The molecule has 0 radical (unpaired) electrons. The highest BCUT2D eigenvalue weighted by molar-refractivity contribution is 7.89. The van der Waals surface area contributed by atoms with Crippen molar-refractivity contribution in [3.05, 3.63) is 60.2 Å². The molecule has 2 N–H and O–H groups in total. The van der Waals surface area contributed by atoms with Crippen LogP contribution in [-0.2, 0) is 25.2 Å². The number of urea groups is 1. The summed E-state index contributed by atoms with van der Waals surface area (Å²) in [5, 5.41) is 5.34. The maximum atomic E-state index is 13.2. The number of hydrogen-bond donors (Lipinski definition) is 2. The van der Waals surface area contributed by atoms with Crippen LogP contribution < -0.4 is 10.6 Å². The Balaban J connectivity index is 1.48. The lowest BCUT2D eigenvalue weighted by atomic mass is 9.87. The Morgan fingerprint density at radius 2 is 1.76 bits per heavy atom. The molecule has 2 aromatic carbocycles. The second-order valence-corrected chi connectivity index (χ2v) is 10.1. The van der Waals surface area contributed by atoms with Crippen LogP contribution in [0.15, 0.2) is 59.5 Å². The van der Waals surface area contributed by atoms with Crippen LogP contribution in [0.2, 0.25) is 0 Å². The number of nitrogens with one attached hydrogen (secondary N) is 2. The number of carbonyl (C=O) groups excluding carboxylic acids is 3. The summed E-state index contributed by atoms with van der Waals surface area (Å²) >= 11 is 0. The third-order valence-electron chi connectivity index (χ3n) is 6.09. The van der Waals surface area contributed by atoms with Crippen molar-refractivity contribution < 1.29 is 22.8 Å². The summed E-state index contributed by atoms with van der Waals surface area (Å²) in [4.78, 5) is 39.4. The van der Waals surface area contributed by atoms with Gasteiger partial charge in [0.05, 0.1) is 4.90 Å². The zero-order valence-corrected chi connectivity index (χ0v) is 19.1. The van der Waals surface area contributed by atoms with Gasteiger partial charge in [0.25, 0.3) is 5.91 Å². The van der Waals surface area contributed by atoms with E-state index in [1.807, 2.05) is 6.07 Å². The van der Waals surface area contributed by atoms with E-state index >= 15 is 0 Å². The van der Waals surface area contributed by atoms with Gasteiger partial charge in [-0.3, -0.25) is 14.5 Å². The Kier molecular flexibility index (Phi) is 6.22. The summed E-state index contributed by atoms with van der Waals surface area (Å²) < 4.78 is 27.0. The minimum atomic E-state index is -3.63. The smallest absolute Gasteiger partial charge is 0.324 e. The van der Waals surface area contributed by atoms with Gasteiger partial charge in [-0.05, 0) is 43.0 Å². The Hall–Kier alpha value is -3.24. The SMILES string of the molecule is CC[C@@]1(c2ccccc2)NC(=O)N(CC(=O)Nc2cccc(S(=O)(=O)N3CCCC3)c2)C1=O. The number of benzene rings is 2. The highest BCUT2D eigenvalue weighted by atomic mass is 32.2. The third kappa shape index (κ3) is 4.23. The highest BCUT2D eigenvalue weighted by Crippen LogP contribution is 2.32. The first-order valence-electron chi connectivity index (χ1n) is 10.9. The number of amides is 4. The lowest BCUT2D eigenvalue weighted by molar-refractivity contribution is -0.134. The summed E-state index contributed by atoms with van der Waals surface area (Å²) in [6.45, 7) is 2.26. The largest absolute Gasteiger partial charge is 0.325 e. The molecule has 2 aliphatic rings. The molecular formula is C23H26N4O5S. The molecule has 2 heterocycles. The number of rotatable bonds is 7. The molecule has 1 atom stereocenters. The van der Waals surface area contributed by atoms with Gasteiger partial charge in [0.1, 0.15) is 12.1 Å². The van der Waals surface area contributed by atoms with E-state index in [-0.39, 0.29) is 10.6 Å². The molecule has 0 spiro atoms. The minimum absolute atomic E-state index is 0.0891. The molecule has 0 aliphatic carbocycles. The van der Waals surface area contributed by atoms with Gasteiger partial charge in [0.15, 0.2) is 0 Å². The monoisotopic (exact) mass is 470 g/mol. The topological polar surface area (TPSA) is 116 Å². The molecule has 2 aromatic rings. The first-order valence-corrected chi connectivity index (χ1v) is 12.3. The fraction of sp³-hybridized carbons (Fsp3) is 0.348. The molecule has 0 saturated carbocycles. The van der Waals surface area contributed by atoms with E-state index in [2.05, 4.69) is 10.6 Å². The van der Waals surface area contributed by atoms with Crippen molar-refractivity contribution >= 4 is 33.6 Å². The average Bonchev–Trinajstić information content (AvgIpc) is 3.44. The van der Waals surface area contributed by atoms with Crippen molar-refractivity contribution in [2.75, 3.05) is 25.0 Å². The molecule has 4 amide bonds. The summed E-state index contributed by atoms with van der Waals surface area (Å²) in [7, 11) is -3.63. The first-order chi connectivity index (χ1) is 15.8. The fourth-order valence-corrected chi connectivity index (χ4v) is 5.85. The summed E-state index contributed by atoms with van der Waals surface area (Å²) in [6.07, 6.45) is 1.98. The molecule has 0 aromatic heterocycles. The zero-order valence-electron chi connectivity index (χ0n) is 18.3. The maximum absolute atomic E-state index is 13.2. The highest BCUT2D eigenvalue weighted by Gasteiger charge is 2.51. The fourth-order valence-electron chi connectivity index (χ4n) is 4.29. The van der Waals surface area contributed by atoms with E-state index in [9.17, 15) is 22.8 Å². The van der Waals surface area contributed by atoms with Crippen molar-refractivity contribution in [1.29, 1.82) is 0 Å². The van der Waals surface area contributed by atoms with Crippen LogP contribution in [0.5, 0.6) is 0 Å². The third-order valence-corrected chi connectivity index (χ3v) is 7.99. The van der Waals surface area contributed by atoms with Crippen molar-refractivity contribution in [2.45, 2.75) is 36.6 Å². The quantitative estimate of drug-likeness (QED) is 0.603. The summed E-state index contributed by atoms with van der Waals surface area (Å²) in [5.74, 6) is -1.10. The van der Waals surface area contributed by atoms with Crippen LogP contribution in [0.1, 0.15) is 31.7 Å². The van der Waals surface area contributed by atoms with Gasteiger partial charge in [-0.2, -0.15) is 4.31 Å². The molecule has 4 rings (SSSR count). The predicted octanol–water partition coefficient (Wildman–Crippen LogP) is 2.27. The lowest BCUT2D eigenvalue weighted by Crippen LogP contribution is -2.44. The van der Waals surface area contributed by atoms with E-state index in [0.717, 1.165) is 17.7 Å². The summed E-state index contributed by atoms with van der Waals surface area (Å²) in [6, 6.07) is 14.2. The molecule has 9 nitrogen and oxygen atoms in total. The molecule has 0 bridgehead atoms. The second-order valence-electron chi connectivity index (χ2n) is 8.13. The van der Waals surface area contributed by atoms with Crippen LogP contribution in [0.25, 0.3) is 0 Å². The van der Waals surface area contributed by atoms with E-state index in [1.165, 1.54) is 16.4 Å². The van der Waals surface area contributed by atoms with Gasteiger partial charge in [0, 0.05) is 18.8 Å². The second kappa shape index (κ2) is 8.95. The summed E-state index contributed by atoms with van der Waals surface area (Å²) in [5.41, 5.74) is -0.298. The van der Waals surface area contributed by atoms with Gasteiger partial charge < -0.3 is 10.6 Å². The maximum Gasteiger partial charge on any atom is 0.325 e. The average molecular weight is 471 g/mol. The van der Waals surface area contributed by atoms with Gasteiger partial charge >= 0.3 is 6.03 Å². The molecule has 2 aliphatic heterocycles. The Labute approximate surface area is 192 Å². The zero-order chi connectivity index (χ0) is 23.6. The number of carbonyl (C=O) groups is 3. The van der Waals surface area contributed by atoms with Crippen LogP contribution in [0, 0.1) is 0 Å². The van der Waals surface area contributed by atoms with Crippen LogP contribution in [-0.4, -0.2) is 55.1 Å². The Bertz CT molecular complexity index is 1180. The molecular weight excluding hydrogens is 444 g/mol. The Morgan fingerprint density at radius 1 is 1.06 bits per heavy atom. The molecule has 0 unspecified atom stereocenters. The molecule has 10 heteroatoms. The van der Waals surface area contributed by atoms with Crippen molar-refractivity contribution in [3.63, 3.8) is 0 Å². The lowest BCUT2D eigenvalue weighted by Gasteiger charge is -2.25. The number of anilines is 1. The van der Waals surface area contributed by atoms with Crippen LogP contribution >= 0.6 is 0 Å². The molecule has 2 saturated heterocycles. The van der Waals surface area contributed by atoms with Crippen molar-refractivity contribution in [3.8, 4) is 0 Å². The van der Waals surface area contributed by atoms with Crippen LogP contribution in [0.4, 0.5) is 10.5 Å². The minimum Gasteiger partial charge on any atom is -0.324 e. The van der Waals surface area contributed by atoms with Gasteiger partial charge in [-0.15, -0.1) is 0 Å². The van der Waals surface area contributed by atoms with Crippen molar-refractivity contribution in [1.82, 2.24) is 14.5 Å². The molecule has 174 valence electrons. The number of imide groups is 1. The first kappa shape index (κ1) is 22.9. The van der Waals surface area contributed by atoms with Crippen LogP contribution in [0.3, 0.4) is 0 Å². The Morgan fingerprint density at radius 3 is 2.42 bits per heavy atom. The van der Waals surface area contributed by atoms with Gasteiger partial charge in [0.2, 0.25) is 15.9 Å². The number of hydrogen-bond acceptors (Lipinski definition) is 5. The number of sulfonamides is 1.